The van der Waals surface area contributed by atoms with Crippen LogP contribution in [-0.2, 0) is 4.79 Å². The van der Waals surface area contributed by atoms with Crippen molar-refractivity contribution in [2.45, 2.75) is 13.8 Å². The number of carbonyl (C=O) groups is 1. The molecule has 0 N–H and O–H groups in total. The van der Waals surface area contributed by atoms with Gasteiger partial charge in [-0.1, -0.05) is 43.8 Å². The molecule has 0 bridgehead atoms. The summed E-state index contributed by atoms with van der Waals surface area (Å²) in [5, 5.41) is 0. The Kier molecular flexibility index (Phi) is 3.02. The Labute approximate surface area is 79.1 Å². The van der Waals surface area contributed by atoms with Crippen LogP contribution in [0, 0.1) is 5.92 Å². The van der Waals surface area contributed by atoms with E-state index in [0.29, 0.717) is 0 Å². The zero-order valence-electron chi connectivity index (χ0n) is 8.08. The van der Waals surface area contributed by atoms with Crippen LogP contribution in [0.5, 0.6) is 0 Å². The molecule has 0 radical (unpaired) electrons. The molecule has 0 amide bonds. The second-order valence-electron chi connectivity index (χ2n) is 3.22. The molecule has 0 saturated carbocycles. The lowest BCUT2D eigenvalue weighted by molar-refractivity contribution is -0.118. The van der Waals surface area contributed by atoms with Gasteiger partial charge in [0.25, 0.3) is 0 Å². The summed E-state index contributed by atoms with van der Waals surface area (Å²) >= 11 is 0. The van der Waals surface area contributed by atoms with E-state index in [0.717, 1.165) is 11.1 Å². The molecule has 0 saturated heterocycles. The van der Waals surface area contributed by atoms with E-state index in [2.05, 4.69) is 6.58 Å². The minimum atomic E-state index is -0.0811. The number of ketones is 1. The van der Waals surface area contributed by atoms with E-state index in [9.17, 15) is 4.79 Å². The van der Waals surface area contributed by atoms with Crippen molar-refractivity contribution in [3.8, 4) is 0 Å². The van der Waals surface area contributed by atoms with E-state index in [4.69, 9.17) is 0 Å². The van der Waals surface area contributed by atoms with Crippen molar-refractivity contribution in [2.75, 3.05) is 0 Å². The van der Waals surface area contributed by atoms with Gasteiger partial charge < -0.3 is 0 Å². The summed E-state index contributed by atoms with van der Waals surface area (Å²) in [6.07, 6.45) is 0. The van der Waals surface area contributed by atoms with E-state index < -0.39 is 0 Å². The summed E-state index contributed by atoms with van der Waals surface area (Å²) in [5.74, 6) is 0.0799. The van der Waals surface area contributed by atoms with Crippen LogP contribution < -0.4 is 0 Å². The molecule has 1 nitrogen and oxygen atoms in total. The molecular formula is C12H14O. The Morgan fingerprint density at radius 1 is 1.31 bits per heavy atom. The topological polar surface area (TPSA) is 17.1 Å². The lowest BCUT2D eigenvalue weighted by Gasteiger charge is -2.11. The molecule has 1 rings (SSSR count). The standard InChI is InChI=1S/C12H14O/c1-9(11(3)13)10(2)12-7-5-4-6-8-12/h4-9H,2H2,1,3H3/t9-/m1/s1. The summed E-state index contributed by atoms with van der Waals surface area (Å²) < 4.78 is 0. The Morgan fingerprint density at radius 2 is 1.85 bits per heavy atom. The molecule has 68 valence electrons. The number of benzene rings is 1. The van der Waals surface area contributed by atoms with Gasteiger partial charge in [0.15, 0.2) is 0 Å². The monoisotopic (exact) mass is 174 g/mol. The second-order valence-corrected chi connectivity index (χ2v) is 3.22. The first-order valence-electron chi connectivity index (χ1n) is 4.37. The molecular weight excluding hydrogens is 160 g/mol. The summed E-state index contributed by atoms with van der Waals surface area (Å²) in [4.78, 5) is 11.1. The lowest BCUT2D eigenvalue weighted by atomic mass is 9.93. The average molecular weight is 174 g/mol. The largest absolute Gasteiger partial charge is 0.299 e. The first kappa shape index (κ1) is 9.72. The molecule has 0 spiro atoms. The number of Topliss-reactive ketones (excluding diaryl/α,β-unsaturated/α-hetero) is 1. The third-order valence-electron chi connectivity index (χ3n) is 2.28. The predicted molar refractivity (Wildman–Crippen MR) is 55.3 cm³/mol. The Balaban J connectivity index is 2.86. The number of rotatable bonds is 3. The van der Waals surface area contributed by atoms with E-state index >= 15 is 0 Å². The van der Waals surface area contributed by atoms with Crippen molar-refractivity contribution in [3.63, 3.8) is 0 Å². The van der Waals surface area contributed by atoms with Crippen LogP contribution in [0.1, 0.15) is 19.4 Å². The fraction of sp³-hybridized carbons (Fsp3) is 0.250. The molecule has 1 aromatic rings. The maximum absolute atomic E-state index is 11.1. The zero-order chi connectivity index (χ0) is 9.84. The number of hydrogen-bond acceptors (Lipinski definition) is 1. The fourth-order valence-corrected chi connectivity index (χ4v) is 1.15. The van der Waals surface area contributed by atoms with Crippen molar-refractivity contribution < 1.29 is 4.79 Å². The minimum absolute atomic E-state index is 0.0811. The minimum Gasteiger partial charge on any atom is -0.299 e. The highest BCUT2D eigenvalue weighted by Crippen LogP contribution is 2.21. The highest BCUT2D eigenvalue weighted by Gasteiger charge is 2.12. The summed E-state index contributed by atoms with van der Waals surface area (Å²) in [6.45, 7) is 7.41. The smallest absolute Gasteiger partial charge is 0.136 e. The summed E-state index contributed by atoms with van der Waals surface area (Å²) in [5.41, 5.74) is 1.94. The summed E-state index contributed by atoms with van der Waals surface area (Å²) in [6, 6.07) is 9.81. The first-order valence-corrected chi connectivity index (χ1v) is 4.37. The molecule has 0 aliphatic heterocycles. The number of hydrogen-bond donors (Lipinski definition) is 0. The van der Waals surface area contributed by atoms with Crippen LogP contribution in [0.25, 0.3) is 5.57 Å². The van der Waals surface area contributed by atoms with Crippen LogP contribution in [0.4, 0.5) is 0 Å². The fourth-order valence-electron chi connectivity index (χ4n) is 1.15. The van der Waals surface area contributed by atoms with Gasteiger partial charge in [-0.2, -0.15) is 0 Å². The normalized spacial score (nSPS) is 12.2. The van der Waals surface area contributed by atoms with Crippen molar-refractivity contribution in [1.82, 2.24) is 0 Å². The SMILES string of the molecule is C=C(c1ccccc1)[C@@H](C)C(C)=O. The van der Waals surface area contributed by atoms with Crippen molar-refractivity contribution in [2.24, 2.45) is 5.92 Å². The van der Waals surface area contributed by atoms with Gasteiger partial charge in [0.2, 0.25) is 0 Å². The highest BCUT2D eigenvalue weighted by molar-refractivity contribution is 5.90. The molecule has 0 aliphatic carbocycles. The van der Waals surface area contributed by atoms with Crippen LogP contribution in [-0.4, -0.2) is 5.78 Å². The zero-order valence-corrected chi connectivity index (χ0v) is 8.08. The van der Waals surface area contributed by atoms with Gasteiger partial charge in [-0.15, -0.1) is 0 Å². The molecule has 0 aromatic heterocycles. The van der Waals surface area contributed by atoms with Crippen LogP contribution in [0.2, 0.25) is 0 Å². The van der Waals surface area contributed by atoms with Gasteiger partial charge in [0, 0.05) is 5.92 Å². The van der Waals surface area contributed by atoms with Crippen molar-refractivity contribution >= 4 is 11.4 Å². The molecule has 13 heavy (non-hydrogen) atoms. The molecule has 1 atom stereocenters. The molecule has 1 aromatic carbocycles. The molecule has 1 heteroatoms. The molecule has 0 aliphatic rings. The quantitative estimate of drug-likeness (QED) is 0.688. The van der Waals surface area contributed by atoms with E-state index in [1.165, 1.54) is 0 Å². The van der Waals surface area contributed by atoms with E-state index in [1.54, 1.807) is 6.92 Å². The highest BCUT2D eigenvalue weighted by atomic mass is 16.1. The average Bonchev–Trinajstić information content (AvgIpc) is 2.17. The van der Waals surface area contributed by atoms with Crippen molar-refractivity contribution in [3.05, 3.63) is 42.5 Å². The third kappa shape index (κ3) is 2.28. The van der Waals surface area contributed by atoms with Crippen LogP contribution in [0.3, 0.4) is 0 Å². The Bertz CT molecular complexity index is 311. The molecule has 0 fully saturated rings. The third-order valence-corrected chi connectivity index (χ3v) is 2.28. The predicted octanol–water partition coefficient (Wildman–Crippen LogP) is 2.92. The second kappa shape index (κ2) is 4.04. The van der Waals surface area contributed by atoms with Gasteiger partial charge in [0.1, 0.15) is 5.78 Å². The molecule has 0 heterocycles. The van der Waals surface area contributed by atoms with Gasteiger partial charge in [-0.3, -0.25) is 4.79 Å². The van der Waals surface area contributed by atoms with Crippen molar-refractivity contribution in [1.29, 1.82) is 0 Å². The summed E-state index contributed by atoms with van der Waals surface area (Å²) in [7, 11) is 0. The van der Waals surface area contributed by atoms with Gasteiger partial charge in [-0.25, -0.2) is 0 Å². The van der Waals surface area contributed by atoms with E-state index in [1.807, 2.05) is 37.3 Å². The van der Waals surface area contributed by atoms with Gasteiger partial charge >= 0.3 is 0 Å². The first-order chi connectivity index (χ1) is 6.13. The Hall–Kier alpha value is -1.37. The number of carbonyl (C=O) groups excluding carboxylic acids is 1. The maximum atomic E-state index is 11.1. The maximum Gasteiger partial charge on any atom is 0.136 e. The number of allylic oxidation sites excluding steroid dienone is 1. The Morgan fingerprint density at radius 3 is 2.31 bits per heavy atom. The molecule has 0 unspecified atom stereocenters. The lowest BCUT2D eigenvalue weighted by Crippen LogP contribution is -2.07. The van der Waals surface area contributed by atoms with Gasteiger partial charge in [-0.05, 0) is 18.1 Å². The van der Waals surface area contributed by atoms with E-state index in [-0.39, 0.29) is 11.7 Å². The van der Waals surface area contributed by atoms with Crippen LogP contribution >= 0.6 is 0 Å². The van der Waals surface area contributed by atoms with Crippen LogP contribution in [0.15, 0.2) is 36.9 Å². The van der Waals surface area contributed by atoms with Gasteiger partial charge in [0.05, 0.1) is 0 Å².